The van der Waals surface area contributed by atoms with Crippen LogP contribution in [-0.2, 0) is 4.74 Å². The van der Waals surface area contributed by atoms with Gasteiger partial charge in [-0.3, -0.25) is 0 Å². The van der Waals surface area contributed by atoms with Gasteiger partial charge < -0.3 is 15.8 Å². The summed E-state index contributed by atoms with van der Waals surface area (Å²) in [5.74, 6) is -0.330. The van der Waals surface area contributed by atoms with Crippen molar-refractivity contribution in [1.82, 2.24) is 0 Å². The van der Waals surface area contributed by atoms with Crippen molar-refractivity contribution in [3.05, 3.63) is 24.0 Å². The van der Waals surface area contributed by atoms with Crippen molar-refractivity contribution in [2.75, 3.05) is 24.7 Å². The summed E-state index contributed by atoms with van der Waals surface area (Å²) in [7, 11) is 1.65. The third-order valence-corrected chi connectivity index (χ3v) is 2.27. The number of hydrogen-bond acceptors (Lipinski definition) is 3. The first kappa shape index (κ1) is 11.8. The van der Waals surface area contributed by atoms with E-state index in [4.69, 9.17) is 10.5 Å². The van der Waals surface area contributed by atoms with Crippen molar-refractivity contribution in [3.8, 4) is 0 Å². The molecule has 0 aliphatic heterocycles. The van der Waals surface area contributed by atoms with Crippen molar-refractivity contribution in [3.63, 3.8) is 0 Å². The Hall–Kier alpha value is -1.29. The summed E-state index contributed by atoms with van der Waals surface area (Å²) in [6, 6.07) is 4.29. The molecular weight excluding hydrogens is 195 g/mol. The van der Waals surface area contributed by atoms with Crippen LogP contribution in [0.25, 0.3) is 0 Å². The topological polar surface area (TPSA) is 47.3 Å². The van der Waals surface area contributed by atoms with Gasteiger partial charge in [0.25, 0.3) is 0 Å². The molecule has 3 N–H and O–H groups in total. The lowest BCUT2D eigenvalue weighted by Gasteiger charge is -2.24. The molecule has 84 valence electrons. The maximum atomic E-state index is 12.8. The Labute approximate surface area is 89.4 Å². The molecule has 0 aliphatic carbocycles. The van der Waals surface area contributed by atoms with Crippen molar-refractivity contribution in [2.45, 2.75) is 19.4 Å². The molecule has 0 spiro atoms. The molecule has 1 rings (SSSR count). The second-order valence-corrected chi connectivity index (χ2v) is 4.05. The maximum absolute atomic E-state index is 12.8. The second kappa shape index (κ2) is 4.49. The van der Waals surface area contributed by atoms with E-state index in [1.54, 1.807) is 13.2 Å². The highest BCUT2D eigenvalue weighted by Gasteiger charge is 2.16. The molecule has 0 heterocycles. The van der Waals surface area contributed by atoms with Gasteiger partial charge in [0.05, 0.1) is 17.0 Å². The molecule has 0 saturated carbocycles. The number of anilines is 2. The standard InChI is InChI=1S/C11H17FN2O/c1-11(2,15-3)7-14-10-5-4-8(12)6-9(10)13/h4-6,14H,7,13H2,1-3H3. The summed E-state index contributed by atoms with van der Waals surface area (Å²) < 4.78 is 18.0. The normalized spacial score (nSPS) is 11.5. The minimum absolute atomic E-state index is 0.277. The largest absolute Gasteiger partial charge is 0.397 e. The molecule has 0 bridgehead atoms. The van der Waals surface area contributed by atoms with Crippen LogP contribution in [0.1, 0.15) is 13.8 Å². The number of methoxy groups -OCH3 is 1. The maximum Gasteiger partial charge on any atom is 0.125 e. The minimum atomic E-state index is -0.330. The fraction of sp³-hybridized carbons (Fsp3) is 0.455. The van der Waals surface area contributed by atoms with E-state index in [0.717, 1.165) is 5.69 Å². The van der Waals surface area contributed by atoms with Crippen molar-refractivity contribution in [2.24, 2.45) is 0 Å². The van der Waals surface area contributed by atoms with Crippen molar-refractivity contribution in [1.29, 1.82) is 0 Å². The van der Waals surface area contributed by atoms with Gasteiger partial charge in [0, 0.05) is 13.7 Å². The predicted molar refractivity (Wildman–Crippen MR) is 60.4 cm³/mol. The van der Waals surface area contributed by atoms with Crippen LogP contribution in [-0.4, -0.2) is 19.3 Å². The Morgan fingerprint density at radius 3 is 2.67 bits per heavy atom. The van der Waals surface area contributed by atoms with Gasteiger partial charge in [0.15, 0.2) is 0 Å². The van der Waals surface area contributed by atoms with Crippen LogP contribution in [0.4, 0.5) is 15.8 Å². The zero-order valence-electron chi connectivity index (χ0n) is 9.30. The number of halogens is 1. The van der Waals surface area contributed by atoms with Gasteiger partial charge in [-0.1, -0.05) is 0 Å². The van der Waals surface area contributed by atoms with E-state index >= 15 is 0 Å². The third kappa shape index (κ3) is 3.40. The SMILES string of the molecule is COC(C)(C)CNc1ccc(F)cc1N. The Balaban J connectivity index is 2.66. The molecule has 15 heavy (non-hydrogen) atoms. The van der Waals surface area contributed by atoms with Gasteiger partial charge in [-0.2, -0.15) is 0 Å². The van der Waals surface area contributed by atoms with E-state index in [1.807, 2.05) is 13.8 Å². The molecule has 0 unspecified atom stereocenters. The van der Waals surface area contributed by atoms with Crippen LogP contribution in [0.15, 0.2) is 18.2 Å². The predicted octanol–water partition coefficient (Wildman–Crippen LogP) is 2.24. The molecule has 0 aromatic heterocycles. The lowest BCUT2D eigenvalue weighted by atomic mass is 10.1. The molecule has 1 aromatic carbocycles. The molecule has 4 heteroatoms. The van der Waals surface area contributed by atoms with E-state index < -0.39 is 0 Å². The van der Waals surface area contributed by atoms with Gasteiger partial charge in [-0.25, -0.2) is 4.39 Å². The number of nitrogens with one attached hydrogen (secondary N) is 1. The molecule has 0 aliphatic rings. The number of nitrogen functional groups attached to an aromatic ring is 1. The first-order chi connectivity index (χ1) is 6.94. The first-order valence-electron chi connectivity index (χ1n) is 4.79. The number of rotatable bonds is 4. The number of hydrogen-bond donors (Lipinski definition) is 2. The van der Waals surface area contributed by atoms with Crippen LogP contribution >= 0.6 is 0 Å². The lowest BCUT2D eigenvalue weighted by Crippen LogP contribution is -2.32. The molecule has 0 atom stereocenters. The highest BCUT2D eigenvalue weighted by atomic mass is 19.1. The van der Waals surface area contributed by atoms with Crippen LogP contribution in [0.2, 0.25) is 0 Å². The van der Waals surface area contributed by atoms with Gasteiger partial charge in [-0.15, -0.1) is 0 Å². The van der Waals surface area contributed by atoms with Crippen LogP contribution in [0.3, 0.4) is 0 Å². The average molecular weight is 212 g/mol. The van der Waals surface area contributed by atoms with E-state index in [2.05, 4.69) is 5.32 Å². The zero-order chi connectivity index (χ0) is 11.5. The molecule has 0 saturated heterocycles. The van der Waals surface area contributed by atoms with Gasteiger partial charge in [0.2, 0.25) is 0 Å². The molecular formula is C11H17FN2O. The summed E-state index contributed by atoms with van der Waals surface area (Å²) >= 11 is 0. The number of ether oxygens (including phenoxy) is 1. The van der Waals surface area contributed by atoms with E-state index in [-0.39, 0.29) is 11.4 Å². The number of benzene rings is 1. The quantitative estimate of drug-likeness (QED) is 0.752. The fourth-order valence-electron chi connectivity index (χ4n) is 1.07. The Morgan fingerprint density at radius 1 is 1.47 bits per heavy atom. The number of nitrogens with two attached hydrogens (primary N) is 1. The Kier molecular flexibility index (Phi) is 3.52. The van der Waals surface area contributed by atoms with Crippen molar-refractivity contribution >= 4 is 11.4 Å². The fourth-order valence-corrected chi connectivity index (χ4v) is 1.07. The summed E-state index contributed by atoms with van der Waals surface area (Å²) in [6.45, 7) is 4.53. The molecule has 0 radical (unpaired) electrons. The van der Waals surface area contributed by atoms with E-state index in [1.165, 1.54) is 12.1 Å². The van der Waals surface area contributed by atoms with Crippen LogP contribution < -0.4 is 11.1 Å². The molecule has 0 amide bonds. The minimum Gasteiger partial charge on any atom is -0.397 e. The Bertz CT molecular complexity index is 339. The molecule has 0 fully saturated rings. The summed E-state index contributed by atoms with van der Waals surface area (Å²) in [5.41, 5.74) is 6.50. The van der Waals surface area contributed by atoms with E-state index in [9.17, 15) is 4.39 Å². The lowest BCUT2D eigenvalue weighted by molar-refractivity contribution is 0.0344. The van der Waals surface area contributed by atoms with Gasteiger partial charge in [-0.05, 0) is 32.0 Å². The zero-order valence-corrected chi connectivity index (χ0v) is 9.30. The van der Waals surface area contributed by atoms with Gasteiger partial charge in [0.1, 0.15) is 5.82 Å². The highest BCUT2D eigenvalue weighted by Crippen LogP contribution is 2.20. The second-order valence-electron chi connectivity index (χ2n) is 4.05. The van der Waals surface area contributed by atoms with E-state index in [0.29, 0.717) is 12.2 Å². The van der Waals surface area contributed by atoms with Crippen LogP contribution in [0.5, 0.6) is 0 Å². The third-order valence-electron chi connectivity index (χ3n) is 2.27. The Morgan fingerprint density at radius 2 is 2.13 bits per heavy atom. The highest BCUT2D eigenvalue weighted by molar-refractivity contribution is 5.65. The average Bonchev–Trinajstić information content (AvgIpc) is 2.16. The first-order valence-corrected chi connectivity index (χ1v) is 4.79. The molecule has 1 aromatic rings. The monoisotopic (exact) mass is 212 g/mol. The van der Waals surface area contributed by atoms with Crippen LogP contribution in [0, 0.1) is 5.82 Å². The summed E-state index contributed by atoms with van der Waals surface area (Å²) in [6.07, 6.45) is 0. The molecule has 3 nitrogen and oxygen atoms in total. The summed E-state index contributed by atoms with van der Waals surface area (Å²) in [5, 5.41) is 3.11. The van der Waals surface area contributed by atoms with Gasteiger partial charge >= 0.3 is 0 Å². The smallest absolute Gasteiger partial charge is 0.125 e. The summed E-state index contributed by atoms with van der Waals surface area (Å²) in [4.78, 5) is 0. The van der Waals surface area contributed by atoms with Crippen molar-refractivity contribution < 1.29 is 9.13 Å².